The second-order valence-electron chi connectivity index (χ2n) is 8.54. The quantitative estimate of drug-likeness (QED) is 0.350. The van der Waals surface area contributed by atoms with Gasteiger partial charge >= 0.3 is 0 Å². The van der Waals surface area contributed by atoms with Crippen LogP contribution in [0.5, 0.6) is 0 Å². The molecule has 2 saturated heterocycles. The van der Waals surface area contributed by atoms with Crippen molar-refractivity contribution in [1.29, 1.82) is 0 Å². The zero-order valence-electron chi connectivity index (χ0n) is 17.1. The van der Waals surface area contributed by atoms with E-state index in [1.54, 1.807) is 0 Å². The van der Waals surface area contributed by atoms with E-state index in [-0.39, 0.29) is 29.4 Å². The monoisotopic (exact) mass is 478 g/mol. The van der Waals surface area contributed by atoms with Crippen LogP contribution in [0.3, 0.4) is 0 Å². The number of likely N-dealkylation sites (tertiary alicyclic amines) is 1. The minimum Gasteiger partial charge on any atom is -0.377 e. The normalized spacial score (nSPS) is 33.8. The van der Waals surface area contributed by atoms with Crippen molar-refractivity contribution < 1.29 is 4.74 Å². The fourth-order valence-electron chi connectivity index (χ4n) is 5.19. The molecule has 2 N–H and O–H groups in total. The number of hydrogen-bond donors (Lipinski definition) is 2. The Kier molecular flexibility index (Phi) is 8.47. The number of halogens is 1. The lowest BCUT2D eigenvalue weighted by molar-refractivity contribution is -0.106. The van der Waals surface area contributed by atoms with E-state index in [4.69, 9.17) is 9.73 Å². The van der Waals surface area contributed by atoms with Crippen LogP contribution < -0.4 is 10.6 Å². The topological polar surface area (TPSA) is 48.9 Å². The van der Waals surface area contributed by atoms with Gasteiger partial charge in [0.25, 0.3) is 0 Å². The predicted molar refractivity (Wildman–Crippen MR) is 119 cm³/mol. The molecule has 1 aliphatic carbocycles. The molecule has 26 heavy (non-hydrogen) atoms. The zero-order chi connectivity index (χ0) is 17.9. The Morgan fingerprint density at radius 2 is 2.04 bits per heavy atom. The van der Waals surface area contributed by atoms with Gasteiger partial charge in [0.2, 0.25) is 0 Å². The summed E-state index contributed by atoms with van der Waals surface area (Å²) < 4.78 is 5.92. The minimum atomic E-state index is 0. The summed E-state index contributed by atoms with van der Waals surface area (Å²) in [6.07, 6.45) is 6.96. The fraction of sp³-hybridized carbons (Fsp3) is 0.950. The lowest BCUT2D eigenvalue weighted by atomic mass is 9.57. The molecule has 0 aromatic heterocycles. The first-order valence-corrected chi connectivity index (χ1v) is 10.5. The lowest BCUT2D eigenvalue weighted by Gasteiger charge is -2.54. The summed E-state index contributed by atoms with van der Waals surface area (Å²) in [5, 5.41) is 7.16. The fourth-order valence-corrected chi connectivity index (χ4v) is 5.19. The van der Waals surface area contributed by atoms with Crippen LogP contribution in [-0.2, 0) is 4.74 Å². The number of rotatable bonds is 6. The van der Waals surface area contributed by atoms with Gasteiger partial charge in [-0.25, -0.2) is 0 Å². The molecule has 0 bridgehead atoms. The highest BCUT2D eigenvalue weighted by Crippen LogP contribution is 2.52. The summed E-state index contributed by atoms with van der Waals surface area (Å²) in [5.41, 5.74) is 0.192. The van der Waals surface area contributed by atoms with Gasteiger partial charge in [0.1, 0.15) is 0 Å². The van der Waals surface area contributed by atoms with Gasteiger partial charge in [0.05, 0.1) is 12.6 Å². The third-order valence-corrected chi connectivity index (χ3v) is 6.61. The van der Waals surface area contributed by atoms with E-state index in [2.05, 4.69) is 43.2 Å². The maximum absolute atomic E-state index is 5.92. The molecule has 0 aromatic carbocycles. The molecule has 4 unspecified atom stereocenters. The predicted octanol–water partition coefficient (Wildman–Crippen LogP) is 3.24. The van der Waals surface area contributed by atoms with Gasteiger partial charge in [-0.2, -0.15) is 0 Å². The van der Waals surface area contributed by atoms with Crippen molar-refractivity contribution in [3.05, 3.63) is 0 Å². The standard InChI is InChI=1S/C20H38N4O.HI/c1-5-15-9-7-8-12-24(15)13-11-22-19(21-6-2)23-17-16-10-14-25-18(16)20(17,3)4;/h15-18H,5-14H2,1-4H3,(H2,21,22,23);1H. The largest absolute Gasteiger partial charge is 0.377 e. The summed E-state index contributed by atoms with van der Waals surface area (Å²) in [6.45, 7) is 14.1. The highest BCUT2D eigenvalue weighted by molar-refractivity contribution is 14.0. The van der Waals surface area contributed by atoms with Gasteiger partial charge in [-0.15, -0.1) is 24.0 Å². The second-order valence-corrected chi connectivity index (χ2v) is 8.54. The van der Waals surface area contributed by atoms with Crippen LogP contribution in [0.2, 0.25) is 0 Å². The molecule has 1 saturated carbocycles. The van der Waals surface area contributed by atoms with E-state index < -0.39 is 0 Å². The average molecular weight is 478 g/mol. The number of nitrogens with zero attached hydrogens (tertiary/aromatic N) is 2. The van der Waals surface area contributed by atoms with Crippen molar-refractivity contribution in [2.24, 2.45) is 16.3 Å². The molecule has 0 radical (unpaired) electrons. The molecular weight excluding hydrogens is 439 g/mol. The van der Waals surface area contributed by atoms with Crippen molar-refractivity contribution in [3.8, 4) is 0 Å². The summed E-state index contributed by atoms with van der Waals surface area (Å²) >= 11 is 0. The lowest BCUT2D eigenvalue weighted by Crippen LogP contribution is -2.68. The van der Waals surface area contributed by atoms with E-state index in [1.807, 2.05) is 0 Å². The Balaban J connectivity index is 0.00000243. The number of nitrogens with one attached hydrogen (secondary N) is 2. The van der Waals surface area contributed by atoms with E-state index in [9.17, 15) is 0 Å². The summed E-state index contributed by atoms with van der Waals surface area (Å²) in [4.78, 5) is 7.53. The molecule has 0 spiro atoms. The number of guanidine groups is 1. The van der Waals surface area contributed by atoms with Crippen LogP contribution in [0, 0.1) is 11.3 Å². The first-order chi connectivity index (χ1) is 12.1. The van der Waals surface area contributed by atoms with Crippen LogP contribution in [-0.4, -0.2) is 61.8 Å². The summed E-state index contributed by atoms with van der Waals surface area (Å²) in [7, 11) is 0. The van der Waals surface area contributed by atoms with Crippen molar-refractivity contribution in [2.75, 3.05) is 32.8 Å². The van der Waals surface area contributed by atoms with Crippen molar-refractivity contribution in [2.45, 2.75) is 78.0 Å². The van der Waals surface area contributed by atoms with Gasteiger partial charge in [-0.05, 0) is 39.2 Å². The Bertz CT molecular complexity index is 471. The Morgan fingerprint density at radius 3 is 2.77 bits per heavy atom. The number of ether oxygens (including phenoxy) is 1. The maximum Gasteiger partial charge on any atom is 0.191 e. The smallest absolute Gasteiger partial charge is 0.191 e. The van der Waals surface area contributed by atoms with Gasteiger partial charge in [0, 0.05) is 43.1 Å². The number of hydrogen-bond acceptors (Lipinski definition) is 3. The summed E-state index contributed by atoms with van der Waals surface area (Å²) in [6, 6.07) is 1.23. The molecule has 152 valence electrons. The Labute approximate surface area is 177 Å². The van der Waals surface area contributed by atoms with Crippen LogP contribution in [0.1, 0.15) is 59.8 Å². The molecule has 3 fully saturated rings. The first-order valence-electron chi connectivity index (χ1n) is 10.5. The van der Waals surface area contributed by atoms with Gasteiger partial charge in [0.15, 0.2) is 5.96 Å². The highest BCUT2D eigenvalue weighted by atomic mass is 127. The van der Waals surface area contributed by atoms with E-state index in [0.717, 1.165) is 38.2 Å². The van der Waals surface area contributed by atoms with Crippen LogP contribution >= 0.6 is 24.0 Å². The van der Waals surface area contributed by atoms with Gasteiger partial charge in [-0.1, -0.05) is 27.2 Å². The molecule has 0 amide bonds. The van der Waals surface area contributed by atoms with Crippen LogP contribution in [0.15, 0.2) is 4.99 Å². The van der Waals surface area contributed by atoms with Gasteiger partial charge < -0.3 is 15.4 Å². The molecule has 5 nitrogen and oxygen atoms in total. The number of aliphatic imine (C=N–C) groups is 1. The number of piperidine rings is 1. The zero-order valence-corrected chi connectivity index (χ0v) is 19.4. The van der Waals surface area contributed by atoms with E-state index in [1.165, 1.54) is 38.6 Å². The second kappa shape index (κ2) is 9.92. The van der Waals surface area contributed by atoms with Crippen LogP contribution in [0.25, 0.3) is 0 Å². The van der Waals surface area contributed by atoms with Gasteiger partial charge in [-0.3, -0.25) is 9.89 Å². The van der Waals surface area contributed by atoms with Crippen LogP contribution in [0.4, 0.5) is 0 Å². The first kappa shape index (κ1) is 22.2. The van der Waals surface area contributed by atoms with Crippen molar-refractivity contribution in [3.63, 3.8) is 0 Å². The minimum absolute atomic E-state index is 0. The average Bonchev–Trinajstić information content (AvgIpc) is 3.07. The highest BCUT2D eigenvalue weighted by Gasteiger charge is 2.59. The molecule has 0 aromatic rings. The molecule has 2 heterocycles. The molecule has 6 heteroatoms. The number of fused-ring (bicyclic) bond motifs is 1. The molecule has 2 aliphatic heterocycles. The molecule has 3 rings (SSSR count). The third kappa shape index (κ3) is 4.66. The molecular formula is C20H39IN4O. The SMILES string of the molecule is CCNC(=NCCN1CCCCC1CC)NC1C2CCOC2C1(C)C.I. The van der Waals surface area contributed by atoms with Crippen molar-refractivity contribution >= 4 is 29.9 Å². The summed E-state index contributed by atoms with van der Waals surface area (Å²) in [5.74, 6) is 1.63. The maximum atomic E-state index is 5.92. The molecule has 3 aliphatic rings. The molecule has 4 atom stereocenters. The van der Waals surface area contributed by atoms with E-state index in [0.29, 0.717) is 18.1 Å². The Hall–Kier alpha value is -0.0800. The van der Waals surface area contributed by atoms with Crippen molar-refractivity contribution in [1.82, 2.24) is 15.5 Å². The van der Waals surface area contributed by atoms with E-state index >= 15 is 0 Å². The third-order valence-electron chi connectivity index (χ3n) is 6.61. The Morgan fingerprint density at radius 1 is 1.23 bits per heavy atom.